The fraction of sp³-hybridized carbons (Fsp3) is 0.143. The highest BCUT2D eigenvalue weighted by Crippen LogP contribution is 2.22. The van der Waals surface area contributed by atoms with Crippen LogP contribution in [0.5, 0.6) is 0 Å². The third kappa shape index (κ3) is 5.52. The maximum atomic E-state index is 12.1. The van der Waals surface area contributed by atoms with E-state index in [9.17, 15) is 9.59 Å². The molecule has 0 saturated carbocycles. The van der Waals surface area contributed by atoms with Gasteiger partial charge in [0.15, 0.2) is 0 Å². The summed E-state index contributed by atoms with van der Waals surface area (Å²) in [7, 11) is 0. The third-order valence-electron chi connectivity index (χ3n) is 3.78. The summed E-state index contributed by atoms with van der Waals surface area (Å²) < 4.78 is 5.09. The van der Waals surface area contributed by atoms with Gasteiger partial charge in [-0.25, -0.2) is 9.78 Å². The first-order valence-corrected chi connectivity index (χ1v) is 9.06. The molecule has 3 rings (SSSR count). The molecule has 0 radical (unpaired) electrons. The van der Waals surface area contributed by atoms with Crippen molar-refractivity contribution in [3.8, 4) is 0 Å². The van der Waals surface area contributed by atoms with E-state index < -0.39 is 5.97 Å². The highest BCUT2D eigenvalue weighted by Gasteiger charge is 2.13. The molecule has 148 valence electrons. The van der Waals surface area contributed by atoms with Crippen LogP contribution in [-0.4, -0.2) is 28.5 Å². The number of hydrogen-bond acceptors (Lipinski definition) is 7. The lowest BCUT2D eigenvalue weighted by molar-refractivity contribution is -0.114. The molecule has 1 amide bonds. The van der Waals surface area contributed by atoms with Crippen LogP contribution < -0.4 is 16.0 Å². The third-order valence-corrected chi connectivity index (χ3v) is 3.78. The van der Waals surface area contributed by atoms with Gasteiger partial charge in [0.1, 0.15) is 5.82 Å². The fourth-order valence-electron chi connectivity index (χ4n) is 2.61. The molecular weight excluding hydrogens is 370 g/mol. The first kappa shape index (κ1) is 19.8. The van der Waals surface area contributed by atoms with Gasteiger partial charge in [-0.15, -0.1) is 0 Å². The Balaban J connectivity index is 1.77. The lowest BCUT2D eigenvalue weighted by Gasteiger charge is -2.12. The van der Waals surface area contributed by atoms with Gasteiger partial charge in [-0.1, -0.05) is 18.2 Å². The normalized spacial score (nSPS) is 10.1. The van der Waals surface area contributed by atoms with Crippen LogP contribution in [0.25, 0.3) is 0 Å². The quantitative estimate of drug-likeness (QED) is 0.521. The molecule has 2 aromatic carbocycles. The highest BCUT2D eigenvalue weighted by molar-refractivity contribution is 5.96. The Morgan fingerprint density at radius 3 is 2.59 bits per heavy atom. The van der Waals surface area contributed by atoms with Crippen LogP contribution >= 0.6 is 0 Å². The number of rotatable bonds is 7. The minimum Gasteiger partial charge on any atom is -0.462 e. The molecule has 0 unspecified atom stereocenters. The van der Waals surface area contributed by atoms with Gasteiger partial charge in [-0.2, -0.15) is 4.98 Å². The van der Waals surface area contributed by atoms with Crippen molar-refractivity contribution in [1.82, 2.24) is 9.97 Å². The van der Waals surface area contributed by atoms with Crippen molar-refractivity contribution in [1.29, 1.82) is 0 Å². The fourth-order valence-corrected chi connectivity index (χ4v) is 2.61. The highest BCUT2D eigenvalue weighted by atomic mass is 16.5. The molecular formula is C21H21N5O3. The minimum absolute atomic E-state index is 0.143. The van der Waals surface area contributed by atoms with E-state index in [1.807, 2.05) is 12.1 Å². The van der Waals surface area contributed by atoms with Crippen LogP contribution in [0.3, 0.4) is 0 Å². The number of carbonyl (C=O) groups excluding carboxylic acids is 2. The van der Waals surface area contributed by atoms with Crippen molar-refractivity contribution in [2.45, 2.75) is 13.8 Å². The van der Waals surface area contributed by atoms with Crippen LogP contribution in [0.1, 0.15) is 24.2 Å². The summed E-state index contributed by atoms with van der Waals surface area (Å²) in [4.78, 5) is 32.0. The van der Waals surface area contributed by atoms with Crippen LogP contribution in [0.15, 0.2) is 60.8 Å². The van der Waals surface area contributed by atoms with Crippen molar-refractivity contribution in [3.05, 3.63) is 66.4 Å². The second-order valence-corrected chi connectivity index (χ2v) is 6.04. The molecule has 0 spiro atoms. The Hall–Kier alpha value is -3.94. The van der Waals surface area contributed by atoms with Gasteiger partial charge in [0.2, 0.25) is 11.9 Å². The molecule has 3 N–H and O–H groups in total. The lowest BCUT2D eigenvalue weighted by Crippen LogP contribution is -2.09. The van der Waals surface area contributed by atoms with E-state index >= 15 is 0 Å². The average Bonchev–Trinajstić information content (AvgIpc) is 2.68. The number of aromatic nitrogens is 2. The second-order valence-electron chi connectivity index (χ2n) is 6.04. The number of hydrogen-bond donors (Lipinski definition) is 3. The molecule has 0 aliphatic heterocycles. The summed E-state index contributed by atoms with van der Waals surface area (Å²) in [6.07, 6.45) is 1.60. The van der Waals surface area contributed by atoms with E-state index in [0.29, 0.717) is 35.3 Å². The van der Waals surface area contributed by atoms with E-state index in [1.54, 1.807) is 55.6 Å². The molecule has 0 saturated heterocycles. The van der Waals surface area contributed by atoms with Crippen LogP contribution in [0, 0.1) is 0 Å². The van der Waals surface area contributed by atoms with Crippen molar-refractivity contribution < 1.29 is 14.3 Å². The van der Waals surface area contributed by atoms with Gasteiger partial charge in [-0.05, 0) is 43.3 Å². The van der Waals surface area contributed by atoms with E-state index in [2.05, 4.69) is 25.9 Å². The van der Waals surface area contributed by atoms with E-state index in [1.165, 1.54) is 6.92 Å². The Morgan fingerprint density at radius 1 is 1.00 bits per heavy atom. The number of nitrogens with zero attached hydrogens (tertiary/aromatic N) is 2. The topological polar surface area (TPSA) is 105 Å². The van der Waals surface area contributed by atoms with Crippen LogP contribution in [-0.2, 0) is 9.53 Å². The largest absolute Gasteiger partial charge is 0.462 e. The second kappa shape index (κ2) is 9.32. The Labute approximate surface area is 168 Å². The standard InChI is InChI=1S/C21H21N5O3/c1-3-29-20(28)17-9-4-5-10-18(17)25-21-22-12-11-19(26-21)24-16-8-6-7-15(13-16)23-14(2)27/h4-13H,3H2,1-2H3,(H,23,27)(H2,22,24,25,26). The van der Waals surface area contributed by atoms with Gasteiger partial charge in [0.25, 0.3) is 0 Å². The monoisotopic (exact) mass is 391 g/mol. The zero-order chi connectivity index (χ0) is 20.6. The number of para-hydroxylation sites is 1. The number of anilines is 5. The van der Waals surface area contributed by atoms with Crippen LogP contribution in [0.4, 0.5) is 28.8 Å². The molecule has 0 fully saturated rings. The summed E-state index contributed by atoms with van der Waals surface area (Å²) >= 11 is 0. The number of benzene rings is 2. The molecule has 0 aliphatic rings. The van der Waals surface area contributed by atoms with Gasteiger partial charge in [0, 0.05) is 24.5 Å². The molecule has 8 nitrogen and oxygen atoms in total. The average molecular weight is 391 g/mol. The summed E-state index contributed by atoms with van der Waals surface area (Å²) in [5.41, 5.74) is 2.39. The first-order chi connectivity index (χ1) is 14.0. The van der Waals surface area contributed by atoms with Gasteiger partial charge in [0.05, 0.1) is 17.9 Å². The van der Waals surface area contributed by atoms with Gasteiger partial charge < -0.3 is 20.7 Å². The Bertz CT molecular complexity index is 1020. The van der Waals surface area contributed by atoms with E-state index in [0.717, 1.165) is 5.69 Å². The maximum Gasteiger partial charge on any atom is 0.340 e. The first-order valence-electron chi connectivity index (χ1n) is 9.06. The minimum atomic E-state index is -0.417. The number of amides is 1. The van der Waals surface area contributed by atoms with Crippen molar-refractivity contribution in [3.63, 3.8) is 0 Å². The molecule has 3 aromatic rings. The zero-order valence-corrected chi connectivity index (χ0v) is 16.1. The number of ether oxygens (including phenoxy) is 1. The molecule has 1 heterocycles. The van der Waals surface area contributed by atoms with Crippen LogP contribution in [0.2, 0.25) is 0 Å². The molecule has 29 heavy (non-hydrogen) atoms. The summed E-state index contributed by atoms with van der Waals surface area (Å²) in [5, 5.41) is 8.96. The van der Waals surface area contributed by atoms with Gasteiger partial charge >= 0.3 is 5.97 Å². The van der Waals surface area contributed by atoms with Crippen molar-refractivity contribution in [2.75, 3.05) is 22.6 Å². The summed E-state index contributed by atoms with van der Waals surface area (Å²) in [5.74, 6) is 0.316. The molecule has 0 bridgehead atoms. The predicted molar refractivity (Wildman–Crippen MR) is 112 cm³/mol. The molecule has 8 heteroatoms. The van der Waals surface area contributed by atoms with Crippen molar-refractivity contribution in [2.24, 2.45) is 0 Å². The maximum absolute atomic E-state index is 12.1. The Morgan fingerprint density at radius 2 is 1.79 bits per heavy atom. The number of esters is 1. The van der Waals surface area contributed by atoms with Gasteiger partial charge in [-0.3, -0.25) is 4.79 Å². The SMILES string of the molecule is CCOC(=O)c1ccccc1Nc1nccc(Nc2cccc(NC(C)=O)c2)n1. The summed E-state index contributed by atoms with van der Waals surface area (Å²) in [6, 6.07) is 16.0. The van der Waals surface area contributed by atoms with E-state index in [-0.39, 0.29) is 5.91 Å². The molecule has 0 aliphatic carbocycles. The zero-order valence-electron chi connectivity index (χ0n) is 16.1. The molecule has 1 aromatic heterocycles. The number of nitrogens with one attached hydrogen (secondary N) is 3. The Kier molecular flexibility index (Phi) is 6.36. The molecule has 0 atom stereocenters. The lowest BCUT2D eigenvalue weighted by atomic mass is 10.2. The smallest absolute Gasteiger partial charge is 0.340 e. The van der Waals surface area contributed by atoms with E-state index in [4.69, 9.17) is 4.74 Å². The number of carbonyl (C=O) groups is 2. The summed E-state index contributed by atoms with van der Waals surface area (Å²) in [6.45, 7) is 3.50. The van der Waals surface area contributed by atoms with Crippen molar-refractivity contribution >= 4 is 40.7 Å². The predicted octanol–water partition coefficient (Wildman–Crippen LogP) is 4.10.